The molecule has 0 radical (unpaired) electrons. The number of nitrogens with zero attached hydrogens (tertiary/aromatic N) is 3. The minimum atomic E-state index is -1.20. The van der Waals surface area contributed by atoms with Crippen molar-refractivity contribution < 1.29 is 19.6 Å². The Morgan fingerprint density at radius 1 is 1.24 bits per heavy atom. The molecule has 9 heteroatoms. The number of aliphatic hydroxyl groups excluding tert-OH is 1. The van der Waals surface area contributed by atoms with Gasteiger partial charge in [0, 0.05) is 23.6 Å². The highest BCUT2D eigenvalue weighted by Crippen LogP contribution is 2.30. The number of non-ortho nitro benzene ring substituents is 1. The largest absolute Gasteiger partial charge is 0.469 e. The lowest BCUT2D eigenvalue weighted by atomic mass is 9.92. The number of halogens is 1. The van der Waals surface area contributed by atoms with E-state index < -0.39 is 22.9 Å². The Hall–Kier alpha value is -3.23. The number of methoxy groups -OCH3 is 1. The van der Waals surface area contributed by atoms with E-state index >= 15 is 0 Å². The standard InChI is InChI=1S/C25H28ClN3O5/c1-3-4-9-23-27-15-22(28(23)16-18-7-5-6-8-21(18)26)24(30)20(25(31)34-2)14-17-10-12-19(13-11-17)29(32)33/h5-8,10-13,15,20,24,30H,3-4,9,14,16H2,1-2H3. The summed E-state index contributed by atoms with van der Waals surface area (Å²) in [5.74, 6) is -0.701. The first-order valence-electron chi connectivity index (χ1n) is 11.1. The fourth-order valence-corrected chi connectivity index (χ4v) is 4.06. The summed E-state index contributed by atoms with van der Waals surface area (Å²) < 4.78 is 6.89. The fourth-order valence-electron chi connectivity index (χ4n) is 3.87. The lowest BCUT2D eigenvalue weighted by Gasteiger charge is -2.23. The third kappa shape index (κ3) is 6.01. The number of unbranched alkanes of at least 4 members (excludes halogenated alkanes) is 1. The maximum atomic E-state index is 12.7. The summed E-state index contributed by atoms with van der Waals surface area (Å²) in [5, 5.41) is 22.9. The zero-order valence-corrected chi connectivity index (χ0v) is 19.9. The maximum absolute atomic E-state index is 12.7. The van der Waals surface area contributed by atoms with Crippen molar-refractivity contribution in [2.24, 2.45) is 5.92 Å². The van der Waals surface area contributed by atoms with Gasteiger partial charge in [-0.25, -0.2) is 4.98 Å². The molecule has 1 aromatic heterocycles. The molecule has 0 spiro atoms. The van der Waals surface area contributed by atoms with Gasteiger partial charge in [0.05, 0.1) is 36.4 Å². The first kappa shape index (κ1) is 25.4. The molecule has 3 aromatic rings. The molecule has 1 heterocycles. The van der Waals surface area contributed by atoms with Crippen molar-refractivity contribution in [3.63, 3.8) is 0 Å². The predicted molar refractivity (Wildman–Crippen MR) is 129 cm³/mol. The Bertz CT molecular complexity index is 1130. The number of carbonyl (C=O) groups excluding carboxylic acids is 1. The van der Waals surface area contributed by atoms with E-state index in [2.05, 4.69) is 11.9 Å². The van der Waals surface area contributed by atoms with Crippen molar-refractivity contribution in [3.05, 3.63) is 92.5 Å². The number of nitro benzene ring substituents is 1. The molecule has 0 aliphatic rings. The number of hydrogen-bond acceptors (Lipinski definition) is 6. The molecule has 0 aliphatic carbocycles. The van der Waals surface area contributed by atoms with Crippen molar-refractivity contribution in [1.29, 1.82) is 0 Å². The van der Waals surface area contributed by atoms with Crippen LogP contribution in [0.2, 0.25) is 5.02 Å². The highest BCUT2D eigenvalue weighted by Gasteiger charge is 2.32. The fraction of sp³-hybridized carbons (Fsp3) is 0.360. The Labute approximate surface area is 203 Å². The number of carbonyl (C=O) groups is 1. The number of imidazole rings is 1. The molecule has 0 saturated heterocycles. The van der Waals surface area contributed by atoms with E-state index in [1.807, 2.05) is 28.8 Å². The number of benzene rings is 2. The van der Waals surface area contributed by atoms with Crippen LogP contribution in [0.15, 0.2) is 54.7 Å². The average molecular weight is 486 g/mol. The maximum Gasteiger partial charge on any atom is 0.312 e. The van der Waals surface area contributed by atoms with Gasteiger partial charge in [0.25, 0.3) is 5.69 Å². The molecule has 34 heavy (non-hydrogen) atoms. The molecule has 2 atom stereocenters. The number of aryl methyl sites for hydroxylation is 1. The van der Waals surface area contributed by atoms with Gasteiger partial charge in [-0.2, -0.15) is 0 Å². The van der Waals surface area contributed by atoms with Crippen LogP contribution in [0.4, 0.5) is 5.69 Å². The third-order valence-corrected chi connectivity index (χ3v) is 6.17. The van der Waals surface area contributed by atoms with Crippen molar-refractivity contribution in [2.75, 3.05) is 7.11 Å². The number of hydrogen-bond donors (Lipinski definition) is 1. The van der Waals surface area contributed by atoms with Crippen LogP contribution in [-0.4, -0.2) is 32.7 Å². The minimum Gasteiger partial charge on any atom is -0.469 e. The molecule has 8 nitrogen and oxygen atoms in total. The number of aliphatic hydroxyl groups is 1. The smallest absolute Gasteiger partial charge is 0.312 e. The zero-order valence-electron chi connectivity index (χ0n) is 19.2. The van der Waals surface area contributed by atoms with E-state index in [4.69, 9.17) is 16.3 Å². The highest BCUT2D eigenvalue weighted by atomic mass is 35.5. The highest BCUT2D eigenvalue weighted by molar-refractivity contribution is 6.31. The summed E-state index contributed by atoms with van der Waals surface area (Å²) in [6, 6.07) is 13.4. The molecular formula is C25H28ClN3O5. The van der Waals surface area contributed by atoms with Crippen molar-refractivity contribution in [2.45, 2.75) is 45.3 Å². The Morgan fingerprint density at radius 3 is 2.56 bits per heavy atom. The number of esters is 1. The molecular weight excluding hydrogens is 458 g/mol. The lowest BCUT2D eigenvalue weighted by Crippen LogP contribution is -2.28. The SMILES string of the molecule is CCCCc1ncc(C(O)C(Cc2ccc([N+](=O)[O-])cc2)C(=O)OC)n1Cc1ccccc1Cl. The van der Waals surface area contributed by atoms with Gasteiger partial charge in [0.2, 0.25) is 0 Å². The van der Waals surface area contributed by atoms with Crippen LogP contribution in [0.5, 0.6) is 0 Å². The molecule has 0 amide bonds. The predicted octanol–water partition coefficient (Wildman–Crippen LogP) is 4.90. The Balaban J connectivity index is 1.95. The normalized spacial score (nSPS) is 12.8. The van der Waals surface area contributed by atoms with E-state index in [1.165, 1.54) is 19.2 Å². The quantitative estimate of drug-likeness (QED) is 0.235. The van der Waals surface area contributed by atoms with Crippen molar-refractivity contribution >= 4 is 23.3 Å². The molecule has 0 aliphatic heterocycles. The van der Waals surface area contributed by atoms with Crippen molar-refractivity contribution in [1.82, 2.24) is 9.55 Å². The summed E-state index contributed by atoms with van der Waals surface area (Å²) in [4.78, 5) is 27.7. The van der Waals surface area contributed by atoms with E-state index in [0.29, 0.717) is 22.8 Å². The second-order valence-electron chi connectivity index (χ2n) is 8.08. The van der Waals surface area contributed by atoms with Gasteiger partial charge in [-0.05, 0) is 30.0 Å². The summed E-state index contributed by atoms with van der Waals surface area (Å²) in [6.45, 7) is 2.49. The molecule has 2 aromatic carbocycles. The van der Waals surface area contributed by atoms with Crippen LogP contribution in [0.1, 0.15) is 48.5 Å². The lowest BCUT2D eigenvalue weighted by molar-refractivity contribution is -0.384. The second kappa shape index (κ2) is 11.8. The van der Waals surface area contributed by atoms with Gasteiger partial charge in [0.1, 0.15) is 11.9 Å². The summed E-state index contributed by atoms with van der Waals surface area (Å²) in [5.41, 5.74) is 1.99. The van der Waals surface area contributed by atoms with Gasteiger partial charge in [0.15, 0.2) is 0 Å². The average Bonchev–Trinajstić information content (AvgIpc) is 3.24. The molecule has 0 bridgehead atoms. The van der Waals surface area contributed by atoms with Crippen LogP contribution >= 0.6 is 11.6 Å². The molecule has 3 rings (SSSR count). The van der Waals surface area contributed by atoms with Crippen LogP contribution in [0, 0.1) is 16.0 Å². The van der Waals surface area contributed by atoms with Crippen LogP contribution < -0.4 is 0 Å². The molecule has 0 fully saturated rings. The summed E-state index contributed by atoms with van der Waals surface area (Å²) in [7, 11) is 1.27. The second-order valence-corrected chi connectivity index (χ2v) is 8.49. The van der Waals surface area contributed by atoms with Gasteiger partial charge in [-0.3, -0.25) is 14.9 Å². The first-order valence-corrected chi connectivity index (χ1v) is 11.5. The molecule has 0 saturated carbocycles. The third-order valence-electron chi connectivity index (χ3n) is 5.80. The monoisotopic (exact) mass is 485 g/mol. The Morgan fingerprint density at radius 2 is 1.94 bits per heavy atom. The molecule has 180 valence electrons. The van der Waals surface area contributed by atoms with Gasteiger partial charge < -0.3 is 14.4 Å². The first-order chi connectivity index (χ1) is 16.3. The Kier molecular flexibility index (Phi) is 8.79. The van der Waals surface area contributed by atoms with Crippen LogP contribution in [0.3, 0.4) is 0 Å². The number of aromatic nitrogens is 2. The van der Waals surface area contributed by atoms with Gasteiger partial charge >= 0.3 is 5.97 Å². The van der Waals surface area contributed by atoms with E-state index in [9.17, 15) is 20.0 Å². The topological polar surface area (TPSA) is 107 Å². The van der Waals surface area contributed by atoms with E-state index in [1.54, 1.807) is 18.3 Å². The van der Waals surface area contributed by atoms with Crippen LogP contribution in [-0.2, 0) is 28.9 Å². The number of rotatable bonds is 11. The van der Waals surface area contributed by atoms with E-state index in [-0.39, 0.29) is 12.1 Å². The summed E-state index contributed by atoms with van der Waals surface area (Å²) in [6.07, 6.45) is 3.18. The van der Waals surface area contributed by atoms with Gasteiger partial charge in [-0.15, -0.1) is 0 Å². The van der Waals surface area contributed by atoms with Crippen molar-refractivity contribution in [3.8, 4) is 0 Å². The summed E-state index contributed by atoms with van der Waals surface area (Å²) >= 11 is 6.39. The van der Waals surface area contributed by atoms with E-state index in [0.717, 1.165) is 30.7 Å². The molecule has 1 N–H and O–H groups in total. The molecule has 2 unspecified atom stereocenters. The van der Waals surface area contributed by atoms with Crippen LogP contribution in [0.25, 0.3) is 0 Å². The number of ether oxygens (including phenoxy) is 1. The zero-order chi connectivity index (χ0) is 24.7. The minimum absolute atomic E-state index is 0.0442. The number of nitro groups is 1. The van der Waals surface area contributed by atoms with Gasteiger partial charge in [-0.1, -0.05) is 55.3 Å².